The first-order valence-corrected chi connectivity index (χ1v) is 10.9. The van der Waals surface area contributed by atoms with E-state index in [1.807, 2.05) is 54.6 Å². The molecule has 0 aliphatic carbocycles. The Kier molecular flexibility index (Phi) is 4.80. The van der Waals surface area contributed by atoms with Crippen molar-refractivity contribution in [1.82, 2.24) is 14.3 Å². The lowest BCUT2D eigenvalue weighted by atomic mass is 10.1. The summed E-state index contributed by atoms with van der Waals surface area (Å²) < 4.78 is 25.4. The van der Waals surface area contributed by atoms with Crippen LogP contribution in [0.2, 0.25) is 0 Å². The van der Waals surface area contributed by atoms with Crippen molar-refractivity contribution in [2.24, 2.45) is 0 Å². The summed E-state index contributed by atoms with van der Waals surface area (Å²) >= 11 is 0. The molecule has 0 unspecified atom stereocenters. The maximum absolute atomic E-state index is 11.9. The fourth-order valence-electron chi connectivity index (χ4n) is 3.45. The molecule has 0 spiro atoms. The Morgan fingerprint density at radius 1 is 0.852 bits per heavy atom. The average Bonchev–Trinajstić information content (AvgIpc) is 2.94. The van der Waals surface area contributed by atoms with Gasteiger partial charge in [-0.1, -0.05) is 42.5 Å². The molecular weight excluding hydrogens is 360 g/mol. The Labute approximate surface area is 159 Å². The Morgan fingerprint density at radius 3 is 2.37 bits per heavy atom. The maximum Gasteiger partial charge on any atom is 0.211 e. The van der Waals surface area contributed by atoms with Crippen LogP contribution in [0.25, 0.3) is 22.3 Å². The van der Waals surface area contributed by atoms with Crippen LogP contribution in [-0.2, 0) is 10.0 Å². The first-order valence-electron chi connectivity index (χ1n) is 9.05. The van der Waals surface area contributed by atoms with Gasteiger partial charge in [-0.15, -0.1) is 0 Å². The molecular formula is C20H22N4O2S. The van der Waals surface area contributed by atoms with E-state index in [0.29, 0.717) is 25.5 Å². The van der Waals surface area contributed by atoms with Crippen molar-refractivity contribution >= 4 is 26.7 Å². The lowest BCUT2D eigenvalue weighted by Crippen LogP contribution is -2.34. The fourth-order valence-corrected chi connectivity index (χ4v) is 4.33. The zero-order valence-corrected chi connectivity index (χ0v) is 16.1. The number of benzene rings is 2. The van der Waals surface area contributed by atoms with Crippen molar-refractivity contribution in [2.75, 3.05) is 37.3 Å². The normalized spacial score (nSPS) is 16.4. The highest BCUT2D eigenvalue weighted by Crippen LogP contribution is 2.28. The summed E-state index contributed by atoms with van der Waals surface area (Å²) in [4.78, 5) is 11.8. The predicted molar refractivity (Wildman–Crippen MR) is 108 cm³/mol. The Morgan fingerprint density at radius 2 is 1.59 bits per heavy atom. The van der Waals surface area contributed by atoms with Gasteiger partial charge in [0.15, 0.2) is 5.82 Å². The van der Waals surface area contributed by atoms with E-state index in [4.69, 9.17) is 9.97 Å². The lowest BCUT2D eigenvalue weighted by Gasteiger charge is -2.24. The van der Waals surface area contributed by atoms with Crippen molar-refractivity contribution in [1.29, 1.82) is 0 Å². The number of sulfonamides is 1. The van der Waals surface area contributed by atoms with Crippen LogP contribution < -0.4 is 4.90 Å². The molecule has 3 aromatic rings. The van der Waals surface area contributed by atoms with Gasteiger partial charge in [0.25, 0.3) is 0 Å². The van der Waals surface area contributed by atoms with E-state index in [0.717, 1.165) is 35.2 Å². The molecule has 1 aromatic heterocycles. The summed E-state index contributed by atoms with van der Waals surface area (Å²) in [6.07, 6.45) is 2.04. The number of anilines is 1. The van der Waals surface area contributed by atoms with E-state index in [1.165, 1.54) is 6.26 Å². The summed E-state index contributed by atoms with van der Waals surface area (Å²) in [5.74, 6) is 1.56. The minimum atomic E-state index is -3.17. The third kappa shape index (κ3) is 3.79. The van der Waals surface area contributed by atoms with E-state index in [-0.39, 0.29) is 0 Å². The second kappa shape index (κ2) is 7.25. The minimum Gasteiger partial charge on any atom is -0.355 e. The van der Waals surface area contributed by atoms with E-state index in [2.05, 4.69) is 4.90 Å². The van der Waals surface area contributed by atoms with E-state index < -0.39 is 10.0 Å². The van der Waals surface area contributed by atoms with Crippen molar-refractivity contribution in [2.45, 2.75) is 6.42 Å². The molecule has 1 saturated heterocycles. The van der Waals surface area contributed by atoms with Crippen LogP contribution in [0.4, 0.5) is 5.82 Å². The largest absolute Gasteiger partial charge is 0.355 e. The second-order valence-corrected chi connectivity index (χ2v) is 8.74. The Balaban J connectivity index is 1.76. The van der Waals surface area contributed by atoms with Crippen molar-refractivity contribution in [3.63, 3.8) is 0 Å². The molecule has 27 heavy (non-hydrogen) atoms. The van der Waals surface area contributed by atoms with Gasteiger partial charge >= 0.3 is 0 Å². The molecule has 2 aromatic carbocycles. The number of fused-ring (bicyclic) bond motifs is 1. The zero-order valence-electron chi connectivity index (χ0n) is 15.2. The second-order valence-electron chi connectivity index (χ2n) is 6.76. The van der Waals surface area contributed by atoms with Gasteiger partial charge in [0.05, 0.1) is 11.8 Å². The highest BCUT2D eigenvalue weighted by atomic mass is 32.2. The van der Waals surface area contributed by atoms with Crippen LogP contribution in [0.3, 0.4) is 0 Å². The molecule has 1 aliphatic heterocycles. The van der Waals surface area contributed by atoms with E-state index in [9.17, 15) is 8.42 Å². The van der Waals surface area contributed by atoms with E-state index in [1.54, 1.807) is 4.31 Å². The van der Waals surface area contributed by atoms with E-state index >= 15 is 0 Å². The number of para-hydroxylation sites is 1. The fraction of sp³-hybridized carbons (Fsp3) is 0.300. The highest BCUT2D eigenvalue weighted by Gasteiger charge is 2.23. The standard InChI is InChI=1S/C20H22N4O2S/c1-27(25,26)24-13-7-12-23(14-15-24)20-17-10-5-6-11-18(17)21-19(22-20)16-8-3-2-4-9-16/h2-6,8-11H,7,12-15H2,1H3. The number of nitrogens with zero attached hydrogens (tertiary/aromatic N) is 4. The van der Waals surface area contributed by atoms with Gasteiger partial charge in [-0.2, -0.15) is 0 Å². The molecule has 2 heterocycles. The van der Waals surface area contributed by atoms with Crippen molar-refractivity contribution in [3.05, 3.63) is 54.6 Å². The van der Waals surface area contributed by atoms with Crippen LogP contribution in [0.1, 0.15) is 6.42 Å². The average molecular weight is 382 g/mol. The number of hydrogen-bond donors (Lipinski definition) is 0. The number of hydrogen-bond acceptors (Lipinski definition) is 5. The molecule has 0 bridgehead atoms. The van der Waals surface area contributed by atoms with Crippen molar-refractivity contribution < 1.29 is 8.42 Å². The molecule has 7 heteroatoms. The highest BCUT2D eigenvalue weighted by molar-refractivity contribution is 7.88. The molecule has 0 radical (unpaired) electrons. The van der Waals surface area contributed by atoms with Gasteiger partial charge in [0.1, 0.15) is 5.82 Å². The van der Waals surface area contributed by atoms with Gasteiger partial charge < -0.3 is 4.90 Å². The zero-order chi connectivity index (χ0) is 18.9. The molecule has 0 saturated carbocycles. The molecule has 0 amide bonds. The molecule has 0 atom stereocenters. The third-order valence-electron chi connectivity index (χ3n) is 4.84. The summed E-state index contributed by atoms with van der Waals surface area (Å²) in [5.41, 5.74) is 1.86. The first kappa shape index (κ1) is 17.9. The van der Waals surface area contributed by atoms with Crippen LogP contribution in [-0.4, -0.2) is 55.1 Å². The maximum atomic E-state index is 11.9. The first-order chi connectivity index (χ1) is 13.0. The quantitative estimate of drug-likeness (QED) is 0.697. The molecule has 1 aliphatic rings. The topological polar surface area (TPSA) is 66.4 Å². The monoisotopic (exact) mass is 382 g/mol. The Bertz CT molecular complexity index is 1050. The SMILES string of the molecule is CS(=O)(=O)N1CCCN(c2nc(-c3ccccc3)nc3ccccc23)CC1. The van der Waals surface area contributed by atoms with Gasteiger partial charge in [-0.25, -0.2) is 22.7 Å². The van der Waals surface area contributed by atoms with Crippen LogP contribution in [0.15, 0.2) is 54.6 Å². The molecule has 6 nitrogen and oxygen atoms in total. The summed E-state index contributed by atoms with van der Waals surface area (Å²) in [5, 5.41) is 0.991. The molecule has 4 rings (SSSR count). The van der Waals surface area contributed by atoms with Crippen molar-refractivity contribution in [3.8, 4) is 11.4 Å². The van der Waals surface area contributed by atoms with Gasteiger partial charge in [-0.3, -0.25) is 0 Å². The van der Waals surface area contributed by atoms with Gasteiger partial charge in [0.2, 0.25) is 10.0 Å². The summed E-state index contributed by atoms with van der Waals surface area (Å²) in [7, 11) is -3.17. The number of aromatic nitrogens is 2. The van der Waals surface area contributed by atoms with Crippen LogP contribution in [0.5, 0.6) is 0 Å². The smallest absolute Gasteiger partial charge is 0.211 e. The predicted octanol–water partition coefficient (Wildman–Crippen LogP) is 2.77. The Hall–Kier alpha value is -2.51. The molecule has 1 fully saturated rings. The van der Waals surface area contributed by atoms with Crippen LogP contribution >= 0.6 is 0 Å². The molecule has 0 N–H and O–H groups in total. The van der Waals surface area contributed by atoms with Crippen LogP contribution in [0, 0.1) is 0 Å². The van der Waals surface area contributed by atoms with Gasteiger partial charge in [0, 0.05) is 37.1 Å². The molecule has 140 valence electrons. The minimum absolute atomic E-state index is 0.470. The summed E-state index contributed by atoms with van der Waals surface area (Å²) in [6.45, 7) is 2.39. The lowest BCUT2D eigenvalue weighted by molar-refractivity contribution is 0.437. The number of rotatable bonds is 3. The van der Waals surface area contributed by atoms with Gasteiger partial charge in [-0.05, 0) is 18.6 Å². The third-order valence-corrected chi connectivity index (χ3v) is 6.14. The summed E-state index contributed by atoms with van der Waals surface area (Å²) in [6, 6.07) is 17.9.